The van der Waals surface area contributed by atoms with E-state index in [9.17, 15) is 19.5 Å². The number of nitrogens with one attached hydrogen (secondary N) is 2. The molecule has 1 heterocycles. The van der Waals surface area contributed by atoms with E-state index < -0.39 is 5.97 Å². The first-order valence-corrected chi connectivity index (χ1v) is 14.3. The summed E-state index contributed by atoms with van der Waals surface area (Å²) in [4.78, 5) is 47.6. The molecule has 9 nitrogen and oxygen atoms in total. The summed E-state index contributed by atoms with van der Waals surface area (Å²) in [6.07, 6.45) is 4.10. The van der Waals surface area contributed by atoms with Crippen LogP contribution in [0.2, 0.25) is 5.15 Å². The normalized spacial score (nSPS) is 13.2. The summed E-state index contributed by atoms with van der Waals surface area (Å²) in [5.74, 6) is -0.724. The fraction of sp³-hybridized carbons (Fsp3) is 0.281. The summed E-state index contributed by atoms with van der Waals surface area (Å²) in [6, 6.07) is 21.0. The summed E-state index contributed by atoms with van der Waals surface area (Å²) < 4.78 is 0. The Bertz CT molecular complexity index is 1620. The number of hydrogen-bond acceptors (Lipinski definition) is 6. The van der Waals surface area contributed by atoms with Crippen molar-refractivity contribution >= 4 is 51.7 Å². The molecule has 0 radical (unpaired) electrons. The third-order valence-corrected chi connectivity index (χ3v) is 7.67. The first kappa shape index (κ1) is 29.0. The number of benzene rings is 3. The first-order chi connectivity index (χ1) is 20.2. The first-order valence-electron chi connectivity index (χ1n) is 13.9. The molecule has 0 spiro atoms. The zero-order valence-corrected chi connectivity index (χ0v) is 24.0. The Labute approximate surface area is 248 Å². The van der Waals surface area contributed by atoms with Gasteiger partial charge in [0.25, 0.3) is 5.91 Å². The van der Waals surface area contributed by atoms with Crippen LogP contribution < -0.4 is 15.5 Å². The number of carbonyl (C=O) groups excluding carboxylic acids is 2. The van der Waals surface area contributed by atoms with E-state index in [1.807, 2.05) is 48.5 Å². The fourth-order valence-corrected chi connectivity index (χ4v) is 5.49. The molecule has 4 aromatic rings. The average Bonchev–Trinajstić information content (AvgIpc) is 3.47. The van der Waals surface area contributed by atoms with E-state index in [1.165, 1.54) is 0 Å². The van der Waals surface area contributed by atoms with Gasteiger partial charge in [-0.15, -0.1) is 0 Å². The summed E-state index contributed by atoms with van der Waals surface area (Å²) in [6.45, 7) is 0.0154. The molecule has 3 N–H and O–H groups in total. The van der Waals surface area contributed by atoms with Gasteiger partial charge in [-0.05, 0) is 53.4 Å². The molecular formula is C32H32ClN5O4. The van der Waals surface area contributed by atoms with Crippen LogP contribution in [0.15, 0.2) is 66.7 Å². The second kappa shape index (κ2) is 13.0. The lowest BCUT2D eigenvalue weighted by molar-refractivity contribution is -0.136. The van der Waals surface area contributed by atoms with Crippen LogP contribution in [0.3, 0.4) is 0 Å². The van der Waals surface area contributed by atoms with E-state index in [4.69, 9.17) is 11.6 Å². The number of hydrogen-bond donors (Lipinski definition) is 3. The molecule has 0 unspecified atom stereocenters. The summed E-state index contributed by atoms with van der Waals surface area (Å²) >= 11 is 6.45. The lowest BCUT2D eigenvalue weighted by Crippen LogP contribution is -2.40. The highest BCUT2D eigenvalue weighted by Crippen LogP contribution is 2.26. The molecule has 1 aromatic heterocycles. The third-order valence-electron chi connectivity index (χ3n) is 7.36. The van der Waals surface area contributed by atoms with Gasteiger partial charge in [-0.25, -0.2) is 9.97 Å². The highest BCUT2D eigenvalue weighted by molar-refractivity contribution is 6.30. The molecule has 10 heteroatoms. The van der Waals surface area contributed by atoms with Gasteiger partial charge in [-0.2, -0.15) is 0 Å². The highest BCUT2D eigenvalue weighted by atomic mass is 35.5. The molecule has 0 atom stereocenters. The van der Waals surface area contributed by atoms with Crippen molar-refractivity contribution in [3.05, 3.63) is 94.4 Å². The van der Waals surface area contributed by atoms with Crippen LogP contribution in [0.4, 0.5) is 11.5 Å². The van der Waals surface area contributed by atoms with Crippen LogP contribution >= 0.6 is 11.6 Å². The minimum atomic E-state index is -1.07. The van der Waals surface area contributed by atoms with Crippen LogP contribution in [0.5, 0.6) is 0 Å². The molecular weight excluding hydrogens is 554 g/mol. The van der Waals surface area contributed by atoms with E-state index in [2.05, 4.69) is 20.6 Å². The Morgan fingerprint density at radius 2 is 1.69 bits per heavy atom. The van der Waals surface area contributed by atoms with E-state index >= 15 is 0 Å². The van der Waals surface area contributed by atoms with Gasteiger partial charge in [-0.3, -0.25) is 14.4 Å². The summed E-state index contributed by atoms with van der Waals surface area (Å²) in [5.41, 5.74) is 2.33. The van der Waals surface area contributed by atoms with Gasteiger partial charge in [0.1, 0.15) is 16.8 Å². The quantitative estimate of drug-likeness (QED) is 0.217. The molecule has 5 rings (SSSR count). The maximum absolute atomic E-state index is 12.8. The number of carbonyl (C=O) groups is 3. The molecule has 2 amide bonds. The summed E-state index contributed by atoms with van der Waals surface area (Å²) in [5, 5.41) is 17.5. The Hall–Kier alpha value is -4.50. The van der Waals surface area contributed by atoms with Gasteiger partial charge in [0.15, 0.2) is 0 Å². The van der Waals surface area contributed by atoms with Crippen molar-refractivity contribution in [2.75, 3.05) is 23.8 Å². The Kier molecular flexibility index (Phi) is 8.97. The standard InChI is InChI=1S/C32H32ClN5O4/c1-38(19-28(39)34-24-8-4-5-9-24)31-26(18-29(40)41)30(33)36-27(37-31)16-20-10-14-25(15-11-20)35-32(42)23-13-12-21-6-2-3-7-22(21)17-23/h2-3,6-7,10-15,17,24H,4-5,8-9,16,18-19H2,1H3,(H,34,39)(H,35,42)(H,40,41). The maximum Gasteiger partial charge on any atom is 0.308 e. The number of halogens is 1. The molecule has 216 valence electrons. The van der Waals surface area contributed by atoms with Gasteiger partial charge in [0.2, 0.25) is 5.91 Å². The number of likely N-dealkylation sites (N-methyl/N-ethyl adjacent to an activating group) is 1. The molecule has 1 saturated carbocycles. The molecule has 0 saturated heterocycles. The zero-order chi connectivity index (χ0) is 29.6. The number of carboxylic acids is 1. The second-order valence-electron chi connectivity index (χ2n) is 10.6. The number of anilines is 2. The fourth-order valence-electron chi connectivity index (χ4n) is 5.24. The van der Waals surface area contributed by atoms with Crippen molar-refractivity contribution in [3.8, 4) is 0 Å². The Morgan fingerprint density at radius 1 is 0.976 bits per heavy atom. The smallest absolute Gasteiger partial charge is 0.308 e. The third kappa shape index (κ3) is 7.22. The van der Waals surface area contributed by atoms with Crippen LogP contribution in [-0.4, -0.2) is 52.5 Å². The maximum atomic E-state index is 12.8. The average molecular weight is 586 g/mol. The van der Waals surface area contributed by atoms with E-state index in [1.54, 1.807) is 30.1 Å². The van der Waals surface area contributed by atoms with Crippen molar-refractivity contribution < 1.29 is 19.5 Å². The molecule has 42 heavy (non-hydrogen) atoms. The number of carboxylic acid groups (broad SMARTS) is 1. The Morgan fingerprint density at radius 3 is 2.40 bits per heavy atom. The molecule has 3 aromatic carbocycles. The molecule has 1 fully saturated rings. The minimum Gasteiger partial charge on any atom is -0.481 e. The Balaban J connectivity index is 1.28. The minimum absolute atomic E-state index is 0.0154. The summed E-state index contributed by atoms with van der Waals surface area (Å²) in [7, 11) is 1.69. The van der Waals surface area contributed by atoms with Gasteiger partial charge in [-0.1, -0.05) is 66.9 Å². The van der Waals surface area contributed by atoms with Gasteiger partial charge in [0, 0.05) is 36.3 Å². The number of nitrogens with zero attached hydrogens (tertiary/aromatic N) is 3. The van der Waals surface area contributed by atoms with Crippen molar-refractivity contribution in [1.29, 1.82) is 0 Å². The van der Waals surface area contributed by atoms with E-state index in [-0.39, 0.29) is 41.5 Å². The van der Waals surface area contributed by atoms with Crippen LogP contribution in [0, 0.1) is 0 Å². The van der Waals surface area contributed by atoms with Gasteiger partial charge in [0.05, 0.1) is 13.0 Å². The van der Waals surface area contributed by atoms with E-state index in [0.717, 1.165) is 42.0 Å². The molecule has 0 bridgehead atoms. The number of amides is 2. The molecule has 0 aliphatic heterocycles. The van der Waals surface area contributed by atoms with Crippen LogP contribution in [0.1, 0.15) is 53.0 Å². The molecule has 1 aliphatic carbocycles. The number of fused-ring (bicyclic) bond motifs is 1. The van der Waals surface area contributed by atoms with Crippen molar-refractivity contribution in [1.82, 2.24) is 15.3 Å². The lowest BCUT2D eigenvalue weighted by atomic mass is 10.1. The van der Waals surface area contributed by atoms with Crippen molar-refractivity contribution in [2.45, 2.75) is 44.6 Å². The van der Waals surface area contributed by atoms with Gasteiger partial charge >= 0.3 is 5.97 Å². The van der Waals surface area contributed by atoms with Crippen molar-refractivity contribution in [3.63, 3.8) is 0 Å². The van der Waals surface area contributed by atoms with E-state index in [0.29, 0.717) is 29.3 Å². The van der Waals surface area contributed by atoms with Crippen molar-refractivity contribution in [2.24, 2.45) is 0 Å². The SMILES string of the molecule is CN(CC(=O)NC1CCCC1)c1nc(Cc2ccc(NC(=O)c3ccc4ccccc4c3)cc2)nc(Cl)c1CC(=O)O. The predicted octanol–water partition coefficient (Wildman–Crippen LogP) is 5.25. The second-order valence-corrected chi connectivity index (χ2v) is 11.0. The molecule has 1 aliphatic rings. The lowest BCUT2D eigenvalue weighted by Gasteiger charge is -2.22. The number of aliphatic carboxylic acids is 1. The monoisotopic (exact) mass is 585 g/mol. The largest absolute Gasteiger partial charge is 0.481 e. The van der Waals surface area contributed by atoms with Gasteiger partial charge < -0.3 is 20.6 Å². The zero-order valence-electron chi connectivity index (χ0n) is 23.3. The van der Waals surface area contributed by atoms with Crippen LogP contribution in [-0.2, 0) is 22.4 Å². The number of rotatable bonds is 10. The predicted molar refractivity (Wildman–Crippen MR) is 163 cm³/mol. The topological polar surface area (TPSA) is 125 Å². The van der Waals surface area contributed by atoms with Crippen LogP contribution in [0.25, 0.3) is 10.8 Å². The highest BCUT2D eigenvalue weighted by Gasteiger charge is 2.22. The number of aromatic nitrogens is 2.